The van der Waals surface area contributed by atoms with Crippen LogP contribution in [-0.4, -0.2) is 35.8 Å². The van der Waals surface area contributed by atoms with E-state index in [-0.39, 0.29) is 11.3 Å². The molecule has 1 aromatic carbocycles. The Balaban J connectivity index is 1.99. The molecule has 1 aliphatic rings. The highest BCUT2D eigenvalue weighted by molar-refractivity contribution is 6.14. The van der Waals surface area contributed by atoms with Crippen molar-refractivity contribution in [3.63, 3.8) is 0 Å². The van der Waals surface area contributed by atoms with Gasteiger partial charge in [-0.15, -0.1) is 0 Å². The van der Waals surface area contributed by atoms with E-state index in [0.29, 0.717) is 24.2 Å². The van der Waals surface area contributed by atoms with Gasteiger partial charge in [0.25, 0.3) is 0 Å². The van der Waals surface area contributed by atoms with Crippen molar-refractivity contribution in [2.45, 2.75) is 6.18 Å². The Morgan fingerprint density at radius 1 is 1.04 bits per heavy atom. The van der Waals surface area contributed by atoms with Crippen LogP contribution in [0.15, 0.2) is 59.9 Å². The van der Waals surface area contributed by atoms with E-state index in [9.17, 15) is 18.0 Å². The minimum atomic E-state index is -4.47. The first-order valence-corrected chi connectivity index (χ1v) is 8.05. The van der Waals surface area contributed by atoms with Gasteiger partial charge in [-0.25, -0.2) is 0 Å². The Morgan fingerprint density at radius 2 is 1.73 bits per heavy atom. The zero-order valence-corrected chi connectivity index (χ0v) is 14.1. The Kier molecular flexibility index (Phi) is 5.04. The number of pyridine rings is 1. The van der Waals surface area contributed by atoms with Crippen LogP contribution in [0.5, 0.6) is 0 Å². The van der Waals surface area contributed by atoms with Crippen molar-refractivity contribution in [3.05, 3.63) is 76.6 Å². The van der Waals surface area contributed by atoms with Gasteiger partial charge >= 0.3 is 6.18 Å². The molecule has 0 saturated carbocycles. The van der Waals surface area contributed by atoms with Gasteiger partial charge in [0, 0.05) is 36.6 Å². The van der Waals surface area contributed by atoms with E-state index in [2.05, 4.69) is 4.98 Å². The van der Waals surface area contributed by atoms with Crippen LogP contribution in [0.2, 0.25) is 0 Å². The number of benzene rings is 1. The average Bonchev–Trinajstić information content (AvgIpc) is 2.59. The summed E-state index contributed by atoms with van der Waals surface area (Å²) in [4.78, 5) is 18.7. The van der Waals surface area contributed by atoms with Crippen molar-refractivity contribution >= 4 is 17.9 Å². The smallest absolute Gasteiger partial charge is 0.298 e. The summed E-state index contributed by atoms with van der Waals surface area (Å²) < 4.78 is 39.6. The predicted octanol–water partition coefficient (Wildman–Crippen LogP) is 4.08. The van der Waals surface area contributed by atoms with Gasteiger partial charge in [-0.3, -0.25) is 14.7 Å². The summed E-state index contributed by atoms with van der Waals surface area (Å²) in [5.74, 6) is -0.232. The number of alkyl halides is 3. The average molecular weight is 358 g/mol. The Labute approximate surface area is 149 Å². The van der Waals surface area contributed by atoms with Gasteiger partial charge in [-0.05, 0) is 42.5 Å². The fourth-order valence-electron chi connectivity index (χ4n) is 2.94. The van der Waals surface area contributed by atoms with Crippen molar-refractivity contribution in [3.8, 4) is 0 Å². The Morgan fingerprint density at radius 3 is 2.38 bits per heavy atom. The van der Waals surface area contributed by atoms with Gasteiger partial charge in [0.1, 0.15) is 0 Å². The molecule has 0 radical (unpaired) electrons. The molecular formula is C20H17F3N2O. The van der Waals surface area contributed by atoms with E-state index in [1.807, 2.05) is 18.0 Å². The lowest BCUT2D eigenvalue weighted by Gasteiger charge is -2.26. The molecule has 0 N–H and O–H groups in total. The molecule has 2 aromatic rings. The number of piperidine rings is 1. The van der Waals surface area contributed by atoms with Crippen LogP contribution < -0.4 is 0 Å². The lowest BCUT2D eigenvalue weighted by molar-refractivity contribution is -0.137. The molecule has 3 nitrogen and oxygen atoms in total. The fraction of sp³-hybridized carbons (Fsp3) is 0.200. The molecule has 0 unspecified atom stereocenters. The van der Waals surface area contributed by atoms with Crippen molar-refractivity contribution in [1.29, 1.82) is 0 Å². The molecule has 6 heteroatoms. The highest BCUT2D eigenvalue weighted by Gasteiger charge is 2.33. The largest absolute Gasteiger partial charge is 0.416 e. The van der Waals surface area contributed by atoms with Gasteiger partial charge in [-0.2, -0.15) is 13.2 Å². The van der Waals surface area contributed by atoms with E-state index in [1.165, 1.54) is 24.3 Å². The topological polar surface area (TPSA) is 33.2 Å². The van der Waals surface area contributed by atoms with E-state index in [1.54, 1.807) is 24.5 Å². The molecule has 134 valence electrons. The molecule has 0 amide bonds. The number of carbonyl (C=O) groups is 1. The lowest BCUT2D eigenvalue weighted by Crippen LogP contribution is -2.34. The number of halogens is 3. The predicted molar refractivity (Wildman–Crippen MR) is 94.1 cm³/mol. The standard InChI is InChI=1S/C20H17F3N2O/c1-25-12-16(9-14-5-4-8-24-11-14)19(26)17(13-25)10-15-6-2-3-7-18(15)20(21,22)23/h2-11H,12-13H2,1H3/b16-9+,17-10+. The molecule has 0 aliphatic carbocycles. The van der Waals surface area contributed by atoms with Crippen LogP contribution in [0.4, 0.5) is 13.2 Å². The second-order valence-electron chi connectivity index (χ2n) is 6.21. The summed E-state index contributed by atoms with van der Waals surface area (Å²) in [6, 6.07) is 8.86. The quantitative estimate of drug-likeness (QED) is 0.759. The Hall–Kier alpha value is -2.73. The zero-order chi connectivity index (χ0) is 18.7. The lowest BCUT2D eigenvalue weighted by atomic mass is 9.94. The summed E-state index contributed by atoms with van der Waals surface area (Å²) in [6.45, 7) is 0.737. The number of likely N-dealkylation sites (N-methyl/N-ethyl adjacent to an activating group) is 1. The van der Waals surface area contributed by atoms with Crippen LogP contribution >= 0.6 is 0 Å². The molecule has 1 aliphatic heterocycles. The number of aromatic nitrogens is 1. The molecule has 0 spiro atoms. The molecule has 3 rings (SSSR count). The number of Topliss-reactive ketones (excluding diaryl/α,β-unsaturated/α-hetero) is 1. The molecule has 0 bridgehead atoms. The van der Waals surface area contributed by atoms with Crippen LogP contribution in [0, 0.1) is 0 Å². The number of hydrogen-bond acceptors (Lipinski definition) is 3. The third-order valence-corrected chi connectivity index (χ3v) is 4.09. The molecule has 26 heavy (non-hydrogen) atoms. The zero-order valence-electron chi connectivity index (χ0n) is 14.1. The second-order valence-corrected chi connectivity index (χ2v) is 6.21. The maximum absolute atomic E-state index is 13.2. The molecule has 1 saturated heterocycles. The first kappa shape index (κ1) is 18.1. The SMILES string of the molecule is CN1C/C(=C\c2cccnc2)C(=O)/C(=C/c2ccccc2C(F)(F)F)C1. The van der Waals surface area contributed by atoms with Crippen molar-refractivity contribution in [1.82, 2.24) is 9.88 Å². The van der Waals surface area contributed by atoms with E-state index in [0.717, 1.165) is 11.6 Å². The normalized spacial score (nSPS) is 19.3. The van der Waals surface area contributed by atoms with Gasteiger partial charge < -0.3 is 0 Å². The number of carbonyl (C=O) groups excluding carboxylic acids is 1. The monoisotopic (exact) mass is 358 g/mol. The van der Waals surface area contributed by atoms with Crippen LogP contribution in [-0.2, 0) is 11.0 Å². The Bertz CT molecular complexity index is 870. The third-order valence-electron chi connectivity index (χ3n) is 4.09. The maximum Gasteiger partial charge on any atom is 0.416 e. The van der Waals surface area contributed by atoms with E-state index in [4.69, 9.17) is 0 Å². The van der Waals surface area contributed by atoms with Crippen LogP contribution in [0.3, 0.4) is 0 Å². The minimum Gasteiger partial charge on any atom is -0.298 e. The van der Waals surface area contributed by atoms with Crippen molar-refractivity contribution in [2.75, 3.05) is 20.1 Å². The maximum atomic E-state index is 13.2. The van der Waals surface area contributed by atoms with Crippen molar-refractivity contribution in [2.24, 2.45) is 0 Å². The fourth-order valence-corrected chi connectivity index (χ4v) is 2.94. The molecule has 1 fully saturated rings. The highest BCUT2D eigenvalue weighted by atomic mass is 19.4. The van der Waals surface area contributed by atoms with Gasteiger partial charge in [0.2, 0.25) is 0 Å². The van der Waals surface area contributed by atoms with Gasteiger partial charge in [-0.1, -0.05) is 24.3 Å². The third kappa shape index (κ3) is 4.08. The van der Waals surface area contributed by atoms with E-state index >= 15 is 0 Å². The number of rotatable bonds is 2. The van der Waals surface area contributed by atoms with Crippen LogP contribution in [0.1, 0.15) is 16.7 Å². The number of hydrogen-bond donors (Lipinski definition) is 0. The first-order valence-electron chi connectivity index (χ1n) is 8.05. The molecule has 1 aromatic heterocycles. The second kappa shape index (κ2) is 7.25. The van der Waals surface area contributed by atoms with Gasteiger partial charge in [0.05, 0.1) is 5.56 Å². The van der Waals surface area contributed by atoms with E-state index < -0.39 is 11.7 Å². The van der Waals surface area contributed by atoms with Crippen LogP contribution in [0.25, 0.3) is 12.2 Å². The summed E-state index contributed by atoms with van der Waals surface area (Å²) in [7, 11) is 1.83. The minimum absolute atomic E-state index is 0.000576. The van der Waals surface area contributed by atoms with Gasteiger partial charge in [0.15, 0.2) is 5.78 Å². The molecular weight excluding hydrogens is 341 g/mol. The number of nitrogens with zero attached hydrogens (tertiary/aromatic N) is 2. The summed E-state index contributed by atoms with van der Waals surface area (Å²) >= 11 is 0. The van der Waals surface area contributed by atoms with Crippen molar-refractivity contribution < 1.29 is 18.0 Å². The summed E-state index contributed by atoms with van der Waals surface area (Å²) in [5.41, 5.74) is 0.903. The number of ketones is 1. The summed E-state index contributed by atoms with van der Waals surface area (Å²) in [6.07, 6.45) is 1.88. The number of likely N-dealkylation sites (tertiary alicyclic amines) is 1. The first-order chi connectivity index (χ1) is 12.3. The molecule has 2 heterocycles. The molecule has 0 atom stereocenters. The highest BCUT2D eigenvalue weighted by Crippen LogP contribution is 2.33. The summed E-state index contributed by atoms with van der Waals surface area (Å²) in [5, 5.41) is 0.